The van der Waals surface area contributed by atoms with Crippen LogP contribution in [0.25, 0.3) is 0 Å². The van der Waals surface area contributed by atoms with Crippen molar-refractivity contribution in [2.24, 2.45) is 5.92 Å². The molecular formula is C15H21NO3. The maximum absolute atomic E-state index is 11.6. The molecular weight excluding hydrogens is 242 g/mol. The second kappa shape index (κ2) is 6.57. The molecule has 4 nitrogen and oxygen atoms in total. The first-order valence-electron chi connectivity index (χ1n) is 6.68. The number of methoxy groups -OCH3 is 2. The van der Waals surface area contributed by atoms with Gasteiger partial charge in [-0.2, -0.15) is 0 Å². The van der Waals surface area contributed by atoms with Crippen molar-refractivity contribution in [1.29, 1.82) is 0 Å². The van der Waals surface area contributed by atoms with Crippen LogP contribution in [0.4, 0.5) is 0 Å². The number of carbonyl (C=O) groups excluding carboxylic acids is 1. The molecule has 0 amide bonds. The van der Waals surface area contributed by atoms with Crippen LogP contribution in [-0.2, 0) is 16.0 Å². The Labute approximate surface area is 114 Å². The highest BCUT2D eigenvalue weighted by Gasteiger charge is 2.36. The Morgan fingerprint density at radius 3 is 2.84 bits per heavy atom. The van der Waals surface area contributed by atoms with Gasteiger partial charge in [0.2, 0.25) is 0 Å². The van der Waals surface area contributed by atoms with Gasteiger partial charge in [-0.15, -0.1) is 0 Å². The third-order valence-corrected chi connectivity index (χ3v) is 3.46. The van der Waals surface area contributed by atoms with Crippen LogP contribution in [0.3, 0.4) is 0 Å². The van der Waals surface area contributed by atoms with E-state index in [1.807, 2.05) is 18.2 Å². The lowest BCUT2D eigenvalue weighted by Crippen LogP contribution is -2.40. The van der Waals surface area contributed by atoms with Crippen molar-refractivity contribution in [2.75, 3.05) is 20.8 Å². The average Bonchev–Trinajstić information content (AvgIpc) is 3.27. The predicted molar refractivity (Wildman–Crippen MR) is 73.2 cm³/mol. The van der Waals surface area contributed by atoms with E-state index in [9.17, 15) is 4.79 Å². The summed E-state index contributed by atoms with van der Waals surface area (Å²) in [4.78, 5) is 11.6. The normalized spacial score (nSPS) is 15.9. The summed E-state index contributed by atoms with van der Waals surface area (Å²) in [7, 11) is 3.11. The van der Waals surface area contributed by atoms with Crippen molar-refractivity contribution >= 4 is 5.97 Å². The van der Waals surface area contributed by atoms with Gasteiger partial charge in [0.25, 0.3) is 0 Å². The van der Waals surface area contributed by atoms with E-state index in [0.717, 1.165) is 31.6 Å². The summed E-state index contributed by atoms with van der Waals surface area (Å²) in [5, 5.41) is 3.30. The smallest absolute Gasteiger partial charge is 0.323 e. The molecule has 2 rings (SSSR count). The molecule has 104 valence electrons. The number of hydrogen-bond acceptors (Lipinski definition) is 4. The number of rotatable bonds is 7. The molecule has 1 atom stereocenters. The molecule has 0 aromatic heterocycles. The van der Waals surface area contributed by atoms with Crippen LogP contribution >= 0.6 is 0 Å². The van der Waals surface area contributed by atoms with Gasteiger partial charge < -0.3 is 14.8 Å². The van der Waals surface area contributed by atoms with Crippen LogP contribution in [0.5, 0.6) is 5.75 Å². The highest BCUT2D eigenvalue weighted by molar-refractivity contribution is 5.76. The second-order valence-corrected chi connectivity index (χ2v) is 4.89. The molecule has 0 saturated heterocycles. The highest BCUT2D eigenvalue weighted by atomic mass is 16.5. The van der Waals surface area contributed by atoms with Gasteiger partial charge >= 0.3 is 5.97 Å². The fraction of sp³-hybridized carbons (Fsp3) is 0.533. The van der Waals surface area contributed by atoms with Crippen LogP contribution in [-0.4, -0.2) is 32.8 Å². The lowest BCUT2D eigenvalue weighted by molar-refractivity contribution is -0.143. The molecule has 19 heavy (non-hydrogen) atoms. The Balaban J connectivity index is 1.82. The minimum Gasteiger partial charge on any atom is -0.497 e. The Morgan fingerprint density at radius 2 is 2.21 bits per heavy atom. The van der Waals surface area contributed by atoms with E-state index in [2.05, 4.69) is 11.4 Å². The van der Waals surface area contributed by atoms with Crippen LogP contribution in [0.2, 0.25) is 0 Å². The van der Waals surface area contributed by atoms with E-state index in [1.165, 1.54) is 12.7 Å². The first kappa shape index (κ1) is 13.9. The molecule has 1 aliphatic rings. The third-order valence-electron chi connectivity index (χ3n) is 3.46. The van der Waals surface area contributed by atoms with Gasteiger partial charge in [-0.25, -0.2) is 0 Å². The summed E-state index contributed by atoms with van der Waals surface area (Å²) in [6, 6.07) is 7.85. The van der Waals surface area contributed by atoms with Crippen molar-refractivity contribution in [1.82, 2.24) is 5.32 Å². The molecule has 1 aromatic rings. The summed E-state index contributed by atoms with van der Waals surface area (Å²) >= 11 is 0. The summed E-state index contributed by atoms with van der Waals surface area (Å²) in [5.74, 6) is 1.18. The quantitative estimate of drug-likeness (QED) is 0.762. The molecule has 0 spiro atoms. The van der Waals surface area contributed by atoms with Crippen LogP contribution in [0, 0.1) is 5.92 Å². The van der Waals surface area contributed by atoms with E-state index in [4.69, 9.17) is 9.47 Å². The lowest BCUT2D eigenvalue weighted by Gasteiger charge is -2.15. The molecule has 4 heteroatoms. The number of ether oxygens (including phenoxy) is 2. The molecule has 1 aliphatic carbocycles. The maximum atomic E-state index is 11.6. The lowest BCUT2D eigenvalue weighted by atomic mass is 10.1. The van der Waals surface area contributed by atoms with Crippen LogP contribution in [0.1, 0.15) is 18.4 Å². The molecule has 1 saturated carbocycles. The first-order valence-corrected chi connectivity index (χ1v) is 6.68. The Morgan fingerprint density at radius 1 is 1.42 bits per heavy atom. The van der Waals surface area contributed by atoms with Gasteiger partial charge in [-0.05, 0) is 49.4 Å². The maximum Gasteiger partial charge on any atom is 0.323 e. The first-order chi connectivity index (χ1) is 9.24. The van der Waals surface area contributed by atoms with Gasteiger partial charge in [0.1, 0.15) is 11.8 Å². The van der Waals surface area contributed by atoms with Crippen molar-refractivity contribution in [3.63, 3.8) is 0 Å². The second-order valence-electron chi connectivity index (χ2n) is 4.89. The number of esters is 1. The van der Waals surface area contributed by atoms with E-state index >= 15 is 0 Å². The fourth-order valence-corrected chi connectivity index (χ4v) is 2.20. The van der Waals surface area contributed by atoms with Gasteiger partial charge in [0, 0.05) is 0 Å². The van der Waals surface area contributed by atoms with Gasteiger partial charge in [0.15, 0.2) is 0 Å². The Bertz CT molecular complexity index is 429. The minimum absolute atomic E-state index is 0.143. The fourth-order valence-electron chi connectivity index (χ4n) is 2.20. The highest BCUT2D eigenvalue weighted by Crippen LogP contribution is 2.33. The van der Waals surface area contributed by atoms with E-state index < -0.39 is 0 Å². The Kier molecular flexibility index (Phi) is 4.80. The van der Waals surface area contributed by atoms with E-state index in [1.54, 1.807) is 7.11 Å². The largest absolute Gasteiger partial charge is 0.497 e. The summed E-state index contributed by atoms with van der Waals surface area (Å²) < 4.78 is 10.0. The van der Waals surface area contributed by atoms with E-state index in [-0.39, 0.29) is 12.0 Å². The molecule has 0 aliphatic heterocycles. The zero-order valence-corrected chi connectivity index (χ0v) is 11.5. The zero-order chi connectivity index (χ0) is 13.7. The van der Waals surface area contributed by atoms with Crippen LogP contribution in [0.15, 0.2) is 24.3 Å². The molecule has 0 heterocycles. The van der Waals surface area contributed by atoms with Crippen molar-refractivity contribution < 1.29 is 14.3 Å². The molecule has 1 N–H and O–H groups in total. The molecule has 1 fully saturated rings. The molecule has 1 aromatic carbocycles. The van der Waals surface area contributed by atoms with Crippen LogP contribution < -0.4 is 10.1 Å². The Hall–Kier alpha value is -1.55. The van der Waals surface area contributed by atoms with Gasteiger partial charge in [-0.1, -0.05) is 12.1 Å². The predicted octanol–water partition coefficient (Wildman–Crippen LogP) is 1.78. The summed E-state index contributed by atoms with van der Waals surface area (Å²) in [6.07, 6.45) is 3.11. The monoisotopic (exact) mass is 263 g/mol. The SMILES string of the molecule is COC(=O)C(NCCc1cccc(OC)c1)C1CC1. The zero-order valence-electron chi connectivity index (χ0n) is 11.5. The minimum atomic E-state index is -0.145. The number of benzene rings is 1. The van der Waals surface area contributed by atoms with Crippen molar-refractivity contribution in [3.8, 4) is 5.75 Å². The average molecular weight is 263 g/mol. The van der Waals surface area contributed by atoms with Crippen molar-refractivity contribution in [3.05, 3.63) is 29.8 Å². The summed E-state index contributed by atoms with van der Waals surface area (Å²) in [5.41, 5.74) is 1.20. The molecule has 0 bridgehead atoms. The van der Waals surface area contributed by atoms with Gasteiger partial charge in [0.05, 0.1) is 14.2 Å². The van der Waals surface area contributed by atoms with E-state index in [0.29, 0.717) is 5.92 Å². The summed E-state index contributed by atoms with van der Waals surface area (Å²) in [6.45, 7) is 0.767. The topological polar surface area (TPSA) is 47.6 Å². The standard InChI is InChI=1S/C15H21NO3/c1-18-13-5-3-4-11(10-13)8-9-16-14(12-6-7-12)15(17)19-2/h3-5,10,12,14,16H,6-9H2,1-2H3. The number of carbonyl (C=O) groups is 1. The van der Waals surface area contributed by atoms with Gasteiger partial charge in [-0.3, -0.25) is 4.79 Å². The molecule has 0 radical (unpaired) electrons. The third kappa shape index (κ3) is 3.96. The number of hydrogen-bond donors (Lipinski definition) is 1. The van der Waals surface area contributed by atoms with Crippen molar-refractivity contribution in [2.45, 2.75) is 25.3 Å². The molecule has 1 unspecified atom stereocenters. The number of nitrogens with one attached hydrogen (secondary N) is 1.